The highest BCUT2D eigenvalue weighted by molar-refractivity contribution is 7.20. The molecule has 0 bridgehead atoms. The minimum Gasteiger partial charge on any atom is -0.338 e. The van der Waals surface area contributed by atoms with Gasteiger partial charge in [-0.15, -0.1) is 11.3 Å². The van der Waals surface area contributed by atoms with E-state index >= 15 is 0 Å². The first-order valence-electron chi connectivity index (χ1n) is 8.58. The van der Waals surface area contributed by atoms with Gasteiger partial charge in [-0.3, -0.25) is 4.79 Å². The monoisotopic (exact) mass is 353 g/mol. The molecular weight excluding hydrogens is 330 g/mol. The predicted molar refractivity (Wildman–Crippen MR) is 103 cm³/mol. The fourth-order valence-corrected chi connectivity index (χ4v) is 4.38. The molecule has 130 valence electrons. The number of rotatable bonds is 5. The molecule has 3 rings (SSSR count). The number of benzene rings is 1. The summed E-state index contributed by atoms with van der Waals surface area (Å²) >= 11 is 1.48. The Bertz CT molecular complexity index is 902. The van der Waals surface area contributed by atoms with Crippen LogP contribution >= 0.6 is 11.3 Å². The molecule has 0 saturated carbocycles. The third-order valence-electron chi connectivity index (χ3n) is 4.46. The minimum absolute atomic E-state index is 0.0935. The Morgan fingerprint density at radius 3 is 2.52 bits per heavy atom. The van der Waals surface area contributed by atoms with Crippen LogP contribution in [0.2, 0.25) is 0 Å². The molecule has 0 unspecified atom stereocenters. The first kappa shape index (κ1) is 17.5. The highest BCUT2D eigenvalue weighted by atomic mass is 32.1. The maximum Gasteiger partial charge on any atom is 0.264 e. The maximum atomic E-state index is 13.1. The summed E-state index contributed by atoms with van der Waals surface area (Å²) in [6, 6.07) is 10.3. The van der Waals surface area contributed by atoms with Gasteiger partial charge in [0.1, 0.15) is 10.7 Å². The molecule has 0 radical (unpaired) electrons. The number of carbonyl (C=O) groups is 1. The number of aryl methyl sites for hydroxylation is 3. The van der Waals surface area contributed by atoms with Crippen molar-refractivity contribution in [1.82, 2.24) is 14.9 Å². The van der Waals surface area contributed by atoms with E-state index in [-0.39, 0.29) is 5.91 Å². The van der Waals surface area contributed by atoms with Crippen molar-refractivity contribution in [3.8, 4) is 0 Å². The van der Waals surface area contributed by atoms with Crippen LogP contribution in [0, 0.1) is 20.8 Å². The molecular formula is C20H23N3OS. The molecule has 4 nitrogen and oxygen atoms in total. The second-order valence-electron chi connectivity index (χ2n) is 6.21. The summed E-state index contributed by atoms with van der Waals surface area (Å²) < 4.78 is 0. The Labute approximate surface area is 152 Å². The fourth-order valence-electron chi connectivity index (χ4n) is 3.13. The van der Waals surface area contributed by atoms with E-state index in [1.807, 2.05) is 50.8 Å². The summed E-state index contributed by atoms with van der Waals surface area (Å²) in [6.45, 7) is 9.32. The molecule has 25 heavy (non-hydrogen) atoms. The average Bonchev–Trinajstić information content (AvgIpc) is 2.92. The summed E-state index contributed by atoms with van der Waals surface area (Å²) in [5.41, 5.74) is 3.20. The van der Waals surface area contributed by atoms with Gasteiger partial charge in [-0.1, -0.05) is 30.3 Å². The molecule has 0 aliphatic rings. The van der Waals surface area contributed by atoms with E-state index in [9.17, 15) is 4.79 Å². The zero-order chi connectivity index (χ0) is 18.0. The van der Waals surface area contributed by atoms with Crippen LogP contribution in [-0.2, 0) is 6.42 Å². The van der Waals surface area contributed by atoms with Crippen molar-refractivity contribution >= 4 is 27.5 Å². The number of carbonyl (C=O) groups excluding carboxylic acids is 1. The lowest BCUT2D eigenvalue weighted by molar-refractivity contribution is 0.0770. The van der Waals surface area contributed by atoms with Gasteiger partial charge in [0.25, 0.3) is 5.91 Å². The maximum absolute atomic E-state index is 13.1. The van der Waals surface area contributed by atoms with Crippen LogP contribution in [0.3, 0.4) is 0 Å². The Balaban J connectivity index is 1.86. The van der Waals surface area contributed by atoms with Crippen LogP contribution in [0.15, 0.2) is 30.3 Å². The van der Waals surface area contributed by atoms with Gasteiger partial charge in [-0.25, -0.2) is 9.97 Å². The van der Waals surface area contributed by atoms with Crippen molar-refractivity contribution in [2.75, 3.05) is 13.1 Å². The zero-order valence-corrected chi connectivity index (χ0v) is 16.0. The van der Waals surface area contributed by atoms with Crippen molar-refractivity contribution in [2.24, 2.45) is 0 Å². The molecule has 0 fully saturated rings. The first-order valence-corrected chi connectivity index (χ1v) is 9.40. The van der Waals surface area contributed by atoms with Crippen LogP contribution in [0.1, 0.15) is 39.2 Å². The lowest BCUT2D eigenvalue weighted by Crippen LogP contribution is -2.32. The SMILES string of the molecule is CCN(CCc1ccccc1)C(=O)c1sc2nc(C)nc(C)c2c1C. The minimum atomic E-state index is 0.0935. The van der Waals surface area contributed by atoms with Gasteiger partial charge in [-0.05, 0) is 45.2 Å². The van der Waals surface area contributed by atoms with E-state index in [1.54, 1.807) is 0 Å². The fraction of sp³-hybridized carbons (Fsp3) is 0.350. The van der Waals surface area contributed by atoms with Gasteiger partial charge in [0.15, 0.2) is 0 Å². The van der Waals surface area contributed by atoms with Gasteiger partial charge >= 0.3 is 0 Å². The lowest BCUT2D eigenvalue weighted by atomic mass is 10.1. The van der Waals surface area contributed by atoms with Crippen molar-refractivity contribution in [3.05, 3.63) is 57.9 Å². The van der Waals surface area contributed by atoms with Crippen LogP contribution in [0.5, 0.6) is 0 Å². The number of likely N-dealkylation sites (N-methyl/N-ethyl adjacent to an activating group) is 1. The van der Waals surface area contributed by atoms with Gasteiger partial charge in [0.2, 0.25) is 0 Å². The topological polar surface area (TPSA) is 46.1 Å². The van der Waals surface area contributed by atoms with Crippen LogP contribution < -0.4 is 0 Å². The van der Waals surface area contributed by atoms with Crippen molar-refractivity contribution in [2.45, 2.75) is 34.1 Å². The molecule has 0 spiro atoms. The quantitative estimate of drug-likeness (QED) is 0.686. The number of hydrogen-bond donors (Lipinski definition) is 0. The number of hydrogen-bond acceptors (Lipinski definition) is 4. The lowest BCUT2D eigenvalue weighted by Gasteiger charge is -2.20. The molecule has 2 aromatic heterocycles. The summed E-state index contributed by atoms with van der Waals surface area (Å²) in [4.78, 5) is 25.6. The summed E-state index contributed by atoms with van der Waals surface area (Å²) in [5.74, 6) is 0.845. The van der Waals surface area contributed by atoms with Crippen molar-refractivity contribution in [1.29, 1.82) is 0 Å². The standard InChI is InChI=1S/C20H23N3OS/c1-5-23(12-11-16-9-7-6-8-10-16)20(24)18-13(2)17-14(3)21-15(4)22-19(17)25-18/h6-10H,5,11-12H2,1-4H3. The predicted octanol–water partition coefficient (Wildman–Crippen LogP) is 4.32. The molecule has 0 aliphatic carbocycles. The largest absolute Gasteiger partial charge is 0.338 e. The number of thiophene rings is 1. The van der Waals surface area contributed by atoms with Crippen LogP contribution in [-0.4, -0.2) is 33.9 Å². The van der Waals surface area contributed by atoms with Crippen LogP contribution in [0.4, 0.5) is 0 Å². The highest BCUT2D eigenvalue weighted by Gasteiger charge is 2.22. The molecule has 0 atom stereocenters. The normalized spacial score (nSPS) is 11.0. The second-order valence-corrected chi connectivity index (χ2v) is 7.21. The molecule has 0 N–H and O–H groups in total. The molecule has 2 heterocycles. The third-order valence-corrected chi connectivity index (χ3v) is 5.63. The number of aromatic nitrogens is 2. The molecule has 1 amide bonds. The van der Waals surface area contributed by atoms with Gasteiger partial charge in [0.05, 0.1) is 4.88 Å². The van der Waals surface area contributed by atoms with Crippen molar-refractivity contribution < 1.29 is 4.79 Å². The smallest absolute Gasteiger partial charge is 0.264 e. The molecule has 3 aromatic rings. The Morgan fingerprint density at radius 2 is 1.84 bits per heavy atom. The number of amides is 1. The van der Waals surface area contributed by atoms with Gasteiger partial charge < -0.3 is 4.90 Å². The summed E-state index contributed by atoms with van der Waals surface area (Å²) in [5, 5.41) is 1.03. The van der Waals surface area contributed by atoms with Crippen LogP contribution in [0.25, 0.3) is 10.2 Å². The molecule has 0 aliphatic heterocycles. The molecule has 0 saturated heterocycles. The highest BCUT2D eigenvalue weighted by Crippen LogP contribution is 2.32. The van der Waals surface area contributed by atoms with Crippen molar-refractivity contribution in [3.63, 3.8) is 0 Å². The first-order chi connectivity index (χ1) is 12.0. The van der Waals surface area contributed by atoms with Gasteiger partial charge in [-0.2, -0.15) is 0 Å². The van der Waals surface area contributed by atoms with E-state index in [1.165, 1.54) is 16.9 Å². The molecule has 1 aromatic carbocycles. The Morgan fingerprint density at radius 1 is 1.12 bits per heavy atom. The number of fused-ring (bicyclic) bond motifs is 1. The third kappa shape index (κ3) is 3.56. The average molecular weight is 353 g/mol. The Kier molecular flexibility index (Phi) is 5.13. The van der Waals surface area contributed by atoms with E-state index in [4.69, 9.17) is 0 Å². The van der Waals surface area contributed by atoms with E-state index in [0.717, 1.165) is 45.1 Å². The Hall–Kier alpha value is -2.27. The molecule has 5 heteroatoms. The van der Waals surface area contributed by atoms with E-state index in [2.05, 4.69) is 22.1 Å². The summed E-state index contributed by atoms with van der Waals surface area (Å²) in [6.07, 6.45) is 0.863. The summed E-state index contributed by atoms with van der Waals surface area (Å²) in [7, 11) is 0. The van der Waals surface area contributed by atoms with E-state index in [0.29, 0.717) is 6.54 Å². The van der Waals surface area contributed by atoms with Gasteiger partial charge in [0, 0.05) is 24.2 Å². The van der Waals surface area contributed by atoms with E-state index < -0.39 is 0 Å². The number of nitrogens with zero attached hydrogens (tertiary/aromatic N) is 3. The second kappa shape index (κ2) is 7.31. The zero-order valence-electron chi connectivity index (χ0n) is 15.2.